The molecule has 0 aliphatic carbocycles. The van der Waals surface area contributed by atoms with E-state index >= 15 is 0 Å². The highest BCUT2D eigenvalue weighted by molar-refractivity contribution is 5.86. The van der Waals surface area contributed by atoms with E-state index in [1.807, 2.05) is 18.2 Å². The first kappa shape index (κ1) is 21.9. The Bertz CT molecular complexity index is 902. The number of aldehydes is 1. The van der Waals surface area contributed by atoms with Crippen molar-refractivity contribution in [3.63, 3.8) is 0 Å². The van der Waals surface area contributed by atoms with Crippen LogP contribution in [0, 0.1) is 0 Å². The van der Waals surface area contributed by atoms with Crippen molar-refractivity contribution >= 4 is 28.9 Å². The molecule has 1 aliphatic heterocycles. The van der Waals surface area contributed by atoms with Gasteiger partial charge in [-0.3, -0.25) is 14.9 Å². The average molecular weight is 412 g/mol. The molecule has 0 bridgehead atoms. The second-order valence-electron chi connectivity index (χ2n) is 7.83. The van der Waals surface area contributed by atoms with Crippen molar-refractivity contribution < 1.29 is 24.2 Å². The van der Waals surface area contributed by atoms with E-state index < -0.39 is 36.1 Å². The highest BCUT2D eigenvalue weighted by Crippen LogP contribution is 2.30. The molecule has 3 rings (SSSR count). The van der Waals surface area contributed by atoms with Crippen LogP contribution in [-0.2, 0) is 25.5 Å². The van der Waals surface area contributed by atoms with E-state index in [4.69, 9.17) is 9.84 Å². The van der Waals surface area contributed by atoms with E-state index in [1.165, 1.54) is 0 Å². The molecule has 0 aromatic heterocycles. The maximum atomic E-state index is 12.6. The number of amides is 1. The maximum Gasteiger partial charge on any atom is 0.305 e. The molecule has 1 aliphatic rings. The van der Waals surface area contributed by atoms with Gasteiger partial charge in [0, 0.05) is 13.0 Å². The van der Waals surface area contributed by atoms with E-state index in [0.717, 1.165) is 35.6 Å². The molecule has 1 amide bonds. The van der Waals surface area contributed by atoms with E-state index in [-0.39, 0.29) is 0 Å². The fourth-order valence-electron chi connectivity index (χ4n) is 4.00. The fourth-order valence-corrected chi connectivity index (χ4v) is 4.00. The normalized spacial score (nSPS) is 21.0. The molecular formula is C23H28N2O5. The van der Waals surface area contributed by atoms with Gasteiger partial charge in [-0.2, -0.15) is 0 Å². The Morgan fingerprint density at radius 1 is 1.20 bits per heavy atom. The first-order valence-electron chi connectivity index (χ1n) is 10.3. The van der Waals surface area contributed by atoms with Crippen LogP contribution in [-0.4, -0.2) is 47.7 Å². The van der Waals surface area contributed by atoms with Crippen molar-refractivity contribution in [1.29, 1.82) is 0 Å². The summed E-state index contributed by atoms with van der Waals surface area (Å²) in [6.45, 7) is 2.29. The summed E-state index contributed by atoms with van der Waals surface area (Å²) in [4.78, 5) is 34.5. The van der Waals surface area contributed by atoms with Crippen molar-refractivity contribution in [3.8, 4) is 0 Å². The number of benzene rings is 2. The lowest BCUT2D eigenvalue weighted by molar-refractivity contribution is -0.139. The molecule has 0 spiro atoms. The molecule has 0 radical (unpaired) electrons. The van der Waals surface area contributed by atoms with E-state index in [1.54, 1.807) is 6.92 Å². The molecule has 1 saturated heterocycles. The van der Waals surface area contributed by atoms with Crippen LogP contribution < -0.4 is 10.6 Å². The Hall–Kier alpha value is -2.77. The van der Waals surface area contributed by atoms with Gasteiger partial charge in [0.2, 0.25) is 5.91 Å². The first-order chi connectivity index (χ1) is 14.4. The largest absolute Gasteiger partial charge is 0.481 e. The fraction of sp³-hybridized carbons (Fsp3) is 0.435. The van der Waals surface area contributed by atoms with Crippen LogP contribution in [0.25, 0.3) is 10.8 Å². The number of fused-ring (bicyclic) bond motifs is 1. The zero-order valence-corrected chi connectivity index (χ0v) is 17.1. The number of carboxylic acid groups (broad SMARTS) is 1. The lowest BCUT2D eigenvalue weighted by Gasteiger charge is -2.40. The molecule has 30 heavy (non-hydrogen) atoms. The molecule has 1 unspecified atom stereocenters. The minimum Gasteiger partial charge on any atom is -0.481 e. The number of carbonyl (C=O) groups is 3. The molecule has 1 heterocycles. The van der Waals surface area contributed by atoms with Gasteiger partial charge in [-0.15, -0.1) is 0 Å². The molecule has 3 N–H and O–H groups in total. The van der Waals surface area contributed by atoms with Gasteiger partial charge in [0.1, 0.15) is 12.0 Å². The number of aliphatic carboxylic acids is 1. The van der Waals surface area contributed by atoms with Crippen molar-refractivity contribution in [3.05, 3.63) is 48.0 Å². The molecule has 0 saturated carbocycles. The topological polar surface area (TPSA) is 105 Å². The molecule has 1 fully saturated rings. The summed E-state index contributed by atoms with van der Waals surface area (Å²) in [6.07, 6.45) is 3.28. The van der Waals surface area contributed by atoms with Gasteiger partial charge in [0.05, 0.1) is 18.5 Å². The van der Waals surface area contributed by atoms with Crippen LogP contribution in [0.3, 0.4) is 0 Å². The van der Waals surface area contributed by atoms with Crippen molar-refractivity contribution in [1.82, 2.24) is 10.6 Å². The molecule has 160 valence electrons. The second kappa shape index (κ2) is 9.82. The van der Waals surface area contributed by atoms with E-state index in [2.05, 4.69) is 34.9 Å². The number of nitrogens with one attached hydrogen (secondary N) is 2. The molecule has 2 aromatic rings. The summed E-state index contributed by atoms with van der Waals surface area (Å²) in [5.74, 6) is -1.57. The highest BCUT2D eigenvalue weighted by Gasteiger charge is 2.36. The summed E-state index contributed by atoms with van der Waals surface area (Å²) in [5.41, 5.74) is 0.426. The quantitative estimate of drug-likeness (QED) is 0.547. The zero-order valence-electron chi connectivity index (χ0n) is 17.1. The Morgan fingerprint density at radius 3 is 2.67 bits per heavy atom. The Balaban J connectivity index is 1.77. The van der Waals surface area contributed by atoms with Crippen molar-refractivity contribution in [2.45, 2.75) is 56.8 Å². The van der Waals surface area contributed by atoms with Crippen LogP contribution in [0.4, 0.5) is 0 Å². The minimum atomic E-state index is -1.14. The lowest BCUT2D eigenvalue weighted by atomic mass is 9.91. The van der Waals surface area contributed by atoms with Crippen LogP contribution in [0.15, 0.2) is 42.5 Å². The summed E-state index contributed by atoms with van der Waals surface area (Å²) < 4.78 is 6.18. The average Bonchev–Trinajstić information content (AvgIpc) is 2.73. The third kappa shape index (κ3) is 5.43. The third-order valence-electron chi connectivity index (χ3n) is 5.47. The monoisotopic (exact) mass is 412 g/mol. The number of ether oxygens (including phenoxy) is 1. The standard InChI is InChI=1S/C23H28N2O5/c1-16(22(29)24-19(15-26)13-21(27)28)25-23(11-4-5-12-30-23)14-18-9-6-8-17-7-2-3-10-20(17)18/h2-3,6-10,15-16,19,25H,4-5,11-14H2,1H3,(H,24,29)(H,27,28)/t16-,19-,23?/m0/s1. The summed E-state index contributed by atoms with van der Waals surface area (Å²) >= 11 is 0. The zero-order chi connectivity index (χ0) is 21.6. The number of rotatable bonds is 9. The van der Waals surface area contributed by atoms with Crippen molar-refractivity contribution in [2.75, 3.05) is 6.61 Å². The Kier molecular flexibility index (Phi) is 7.18. The van der Waals surface area contributed by atoms with Gasteiger partial charge < -0.3 is 20.0 Å². The Morgan fingerprint density at radius 2 is 1.97 bits per heavy atom. The van der Waals surface area contributed by atoms with Gasteiger partial charge >= 0.3 is 5.97 Å². The lowest BCUT2D eigenvalue weighted by Crippen LogP contribution is -2.59. The summed E-state index contributed by atoms with van der Waals surface area (Å²) in [6, 6.07) is 12.6. The SMILES string of the molecule is C[C@H](NC1(Cc2cccc3ccccc23)CCCCO1)C(=O)N[C@H](C=O)CC(=O)O. The predicted molar refractivity (Wildman–Crippen MR) is 113 cm³/mol. The van der Waals surface area contributed by atoms with Gasteiger partial charge in [0.15, 0.2) is 0 Å². The smallest absolute Gasteiger partial charge is 0.305 e. The van der Waals surface area contributed by atoms with E-state index in [0.29, 0.717) is 19.3 Å². The molecule has 7 nitrogen and oxygen atoms in total. The van der Waals surface area contributed by atoms with Crippen LogP contribution in [0.5, 0.6) is 0 Å². The Labute approximate surface area is 175 Å². The minimum absolute atomic E-state index is 0.431. The predicted octanol–water partition coefficient (Wildman–Crippen LogP) is 2.42. The van der Waals surface area contributed by atoms with Crippen LogP contribution >= 0.6 is 0 Å². The third-order valence-corrected chi connectivity index (χ3v) is 5.47. The van der Waals surface area contributed by atoms with Crippen LogP contribution in [0.1, 0.15) is 38.2 Å². The molecule has 3 atom stereocenters. The van der Waals surface area contributed by atoms with Gasteiger partial charge in [-0.1, -0.05) is 42.5 Å². The van der Waals surface area contributed by atoms with Gasteiger partial charge in [-0.05, 0) is 42.5 Å². The van der Waals surface area contributed by atoms with Crippen molar-refractivity contribution in [2.24, 2.45) is 0 Å². The number of carboxylic acids is 1. The first-order valence-corrected chi connectivity index (χ1v) is 10.3. The number of hydrogen-bond donors (Lipinski definition) is 3. The number of carbonyl (C=O) groups excluding carboxylic acids is 2. The molecular weight excluding hydrogens is 384 g/mol. The van der Waals surface area contributed by atoms with E-state index in [9.17, 15) is 14.4 Å². The van der Waals surface area contributed by atoms with Crippen LogP contribution in [0.2, 0.25) is 0 Å². The molecule has 2 aromatic carbocycles. The number of hydrogen-bond acceptors (Lipinski definition) is 5. The maximum absolute atomic E-state index is 12.6. The second-order valence-corrected chi connectivity index (χ2v) is 7.83. The summed E-state index contributed by atoms with van der Waals surface area (Å²) in [7, 11) is 0. The van der Waals surface area contributed by atoms with Gasteiger partial charge in [0.25, 0.3) is 0 Å². The highest BCUT2D eigenvalue weighted by atomic mass is 16.5. The van der Waals surface area contributed by atoms with Gasteiger partial charge in [-0.25, -0.2) is 0 Å². The molecule has 7 heteroatoms. The summed E-state index contributed by atoms with van der Waals surface area (Å²) in [5, 5.41) is 17.0.